The Labute approximate surface area is 110 Å². The molecule has 4 nitrogen and oxygen atoms in total. The summed E-state index contributed by atoms with van der Waals surface area (Å²) in [5.74, 6) is -0.972. The number of para-hydroxylation sites is 1. The molecule has 0 aliphatic heterocycles. The van der Waals surface area contributed by atoms with Crippen molar-refractivity contribution in [3.63, 3.8) is 0 Å². The first-order chi connectivity index (χ1) is 9.11. The molecule has 0 N–H and O–H groups in total. The molecule has 0 aliphatic carbocycles. The SMILES string of the molecule is COC(=O)C(=Cc1cnc2ccccc2c1)C(C)=O. The van der Waals surface area contributed by atoms with Gasteiger partial charge in [-0.05, 0) is 30.7 Å². The number of ether oxygens (including phenoxy) is 1. The monoisotopic (exact) mass is 255 g/mol. The summed E-state index contributed by atoms with van der Waals surface area (Å²) in [5, 5.41) is 0.948. The molecule has 0 saturated carbocycles. The van der Waals surface area contributed by atoms with Gasteiger partial charge in [-0.2, -0.15) is 0 Å². The summed E-state index contributed by atoms with van der Waals surface area (Å²) in [4.78, 5) is 27.2. The van der Waals surface area contributed by atoms with Crippen LogP contribution in [0.25, 0.3) is 17.0 Å². The summed E-state index contributed by atoms with van der Waals surface area (Å²) < 4.78 is 4.58. The van der Waals surface area contributed by atoms with Crippen LogP contribution in [0.1, 0.15) is 12.5 Å². The number of pyridine rings is 1. The Morgan fingerprint density at radius 2 is 2.00 bits per heavy atom. The maximum Gasteiger partial charge on any atom is 0.341 e. The summed E-state index contributed by atoms with van der Waals surface area (Å²) in [7, 11) is 1.25. The lowest BCUT2D eigenvalue weighted by atomic mass is 10.1. The summed E-state index contributed by atoms with van der Waals surface area (Å²) in [6.07, 6.45) is 3.11. The molecule has 2 aromatic rings. The number of carbonyl (C=O) groups excluding carboxylic acids is 2. The number of carbonyl (C=O) groups is 2. The summed E-state index contributed by atoms with van der Waals surface area (Å²) in [6.45, 7) is 1.33. The second-order valence-electron chi connectivity index (χ2n) is 4.07. The van der Waals surface area contributed by atoms with Crippen molar-refractivity contribution in [3.05, 3.63) is 47.7 Å². The number of esters is 1. The number of hydrogen-bond donors (Lipinski definition) is 0. The van der Waals surface area contributed by atoms with Gasteiger partial charge in [0, 0.05) is 11.6 Å². The molecule has 0 atom stereocenters. The second kappa shape index (κ2) is 5.44. The molecule has 4 heteroatoms. The predicted molar refractivity (Wildman–Crippen MR) is 72.4 cm³/mol. The maximum atomic E-state index is 11.5. The fourth-order valence-corrected chi connectivity index (χ4v) is 1.75. The lowest BCUT2D eigenvalue weighted by Gasteiger charge is -2.02. The van der Waals surface area contributed by atoms with E-state index < -0.39 is 5.97 Å². The van der Waals surface area contributed by atoms with Crippen molar-refractivity contribution in [1.29, 1.82) is 0 Å². The first kappa shape index (κ1) is 13.0. The van der Waals surface area contributed by atoms with Gasteiger partial charge in [-0.3, -0.25) is 9.78 Å². The normalized spacial score (nSPS) is 11.4. The van der Waals surface area contributed by atoms with Crippen molar-refractivity contribution in [2.75, 3.05) is 7.11 Å². The Hall–Kier alpha value is -2.49. The Morgan fingerprint density at radius 3 is 2.68 bits per heavy atom. The van der Waals surface area contributed by atoms with Crippen LogP contribution in [0.3, 0.4) is 0 Å². The van der Waals surface area contributed by atoms with E-state index in [0.29, 0.717) is 5.56 Å². The Balaban J connectivity index is 2.48. The molecule has 0 unspecified atom stereocenters. The minimum atomic E-state index is -0.638. The molecule has 0 amide bonds. The topological polar surface area (TPSA) is 56.3 Å². The largest absolute Gasteiger partial charge is 0.465 e. The fourth-order valence-electron chi connectivity index (χ4n) is 1.75. The third-order valence-electron chi connectivity index (χ3n) is 2.71. The number of Topliss-reactive ketones (excluding diaryl/α,β-unsaturated/α-hetero) is 1. The van der Waals surface area contributed by atoms with E-state index in [2.05, 4.69) is 9.72 Å². The number of aromatic nitrogens is 1. The van der Waals surface area contributed by atoms with E-state index >= 15 is 0 Å². The molecule has 0 fully saturated rings. The van der Waals surface area contributed by atoms with Crippen molar-refractivity contribution in [1.82, 2.24) is 4.98 Å². The summed E-state index contributed by atoms with van der Waals surface area (Å²) >= 11 is 0. The van der Waals surface area contributed by atoms with E-state index in [4.69, 9.17) is 0 Å². The van der Waals surface area contributed by atoms with Crippen LogP contribution < -0.4 is 0 Å². The van der Waals surface area contributed by atoms with E-state index in [9.17, 15) is 9.59 Å². The number of hydrogen-bond acceptors (Lipinski definition) is 4. The van der Waals surface area contributed by atoms with E-state index in [1.807, 2.05) is 30.3 Å². The zero-order chi connectivity index (χ0) is 13.8. The van der Waals surface area contributed by atoms with Crippen LogP contribution in [0, 0.1) is 0 Å². The third kappa shape index (κ3) is 2.85. The van der Waals surface area contributed by atoms with Gasteiger partial charge in [0.1, 0.15) is 5.57 Å². The van der Waals surface area contributed by atoms with Crippen molar-refractivity contribution < 1.29 is 14.3 Å². The second-order valence-corrected chi connectivity index (χ2v) is 4.07. The highest BCUT2D eigenvalue weighted by Gasteiger charge is 2.14. The highest BCUT2D eigenvalue weighted by atomic mass is 16.5. The van der Waals surface area contributed by atoms with Crippen LogP contribution >= 0.6 is 0 Å². The van der Waals surface area contributed by atoms with Gasteiger partial charge in [-0.25, -0.2) is 4.79 Å². The molecular formula is C15H13NO3. The van der Waals surface area contributed by atoms with Crippen LogP contribution in [-0.2, 0) is 14.3 Å². The molecule has 1 heterocycles. The van der Waals surface area contributed by atoms with Gasteiger partial charge < -0.3 is 4.74 Å². The number of rotatable bonds is 3. The van der Waals surface area contributed by atoms with Gasteiger partial charge in [-0.1, -0.05) is 18.2 Å². The molecular weight excluding hydrogens is 242 g/mol. The van der Waals surface area contributed by atoms with E-state index in [0.717, 1.165) is 10.9 Å². The van der Waals surface area contributed by atoms with E-state index in [1.54, 1.807) is 6.20 Å². The number of methoxy groups -OCH3 is 1. The van der Waals surface area contributed by atoms with Crippen molar-refractivity contribution in [2.45, 2.75) is 6.92 Å². The smallest absolute Gasteiger partial charge is 0.341 e. The standard InChI is InChI=1S/C15H13NO3/c1-10(17)13(15(18)19-2)8-11-7-12-5-3-4-6-14(12)16-9-11/h3-9H,1-2H3. The minimum absolute atomic E-state index is 0.0135. The molecule has 96 valence electrons. The van der Waals surface area contributed by atoms with E-state index in [1.165, 1.54) is 20.1 Å². The van der Waals surface area contributed by atoms with Crippen molar-refractivity contribution in [3.8, 4) is 0 Å². The molecule has 19 heavy (non-hydrogen) atoms. The fraction of sp³-hybridized carbons (Fsp3) is 0.133. The van der Waals surface area contributed by atoms with Gasteiger partial charge in [0.15, 0.2) is 5.78 Å². The lowest BCUT2D eigenvalue weighted by molar-refractivity contribution is -0.137. The Morgan fingerprint density at radius 1 is 1.26 bits per heavy atom. The zero-order valence-electron chi connectivity index (χ0n) is 10.7. The molecule has 0 saturated heterocycles. The van der Waals surface area contributed by atoms with Crippen LogP contribution in [-0.4, -0.2) is 23.8 Å². The van der Waals surface area contributed by atoms with Crippen LogP contribution in [0.15, 0.2) is 42.1 Å². The number of ketones is 1. The first-order valence-electron chi connectivity index (χ1n) is 5.77. The molecule has 2 rings (SSSR count). The molecule has 0 bridgehead atoms. The number of benzene rings is 1. The third-order valence-corrected chi connectivity index (χ3v) is 2.71. The molecule has 0 spiro atoms. The highest BCUT2D eigenvalue weighted by molar-refractivity contribution is 6.19. The Bertz CT molecular complexity index is 674. The summed E-state index contributed by atoms with van der Waals surface area (Å²) in [5.41, 5.74) is 1.57. The Kier molecular flexibility index (Phi) is 3.71. The van der Waals surface area contributed by atoms with Gasteiger partial charge >= 0.3 is 5.97 Å². The number of nitrogens with zero attached hydrogens (tertiary/aromatic N) is 1. The van der Waals surface area contributed by atoms with Gasteiger partial charge in [-0.15, -0.1) is 0 Å². The molecule has 1 aromatic heterocycles. The lowest BCUT2D eigenvalue weighted by Crippen LogP contribution is -2.11. The van der Waals surface area contributed by atoms with Crippen LogP contribution in [0.4, 0.5) is 0 Å². The number of fused-ring (bicyclic) bond motifs is 1. The minimum Gasteiger partial charge on any atom is -0.465 e. The zero-order valence-corrected chi connectivity index (χ0v) is 10.7. The van der Waals surface area contributed by atoms with Gasteiger partial charge in [0.25, 0.3) is 0 Å². The highest BCUT2D eigenvalue weighted by Crippen LogP contribution is 2.15. The quantitative estimate of drug-likeness (QED) is 0.366. The van der Waals surface area contributed by atoms with Gasteiger partial charge in [0.05, 0.1) is 12.6 Å². The van der Waals surface area contributed by atoms with Crippen molar-refractivity contribution in [2.24, 2.45) is 0 Å². The first-order valence-corrected chi connectivity index (χ1v) is 5.77. The van der Waals surface area contributed by atoms with Gasteiger partial charge in [0.2, 0.25) is 0 Å². The predicted octanol–water partition coefficient (Wildman–Crippen LogP) is 2.38. The average Bonchev–Trinajstić information content (AvgIpc) is 2.43. The van der Waals surface area contributed by atoms with E-state index in [-0.39, 0.29) is 11.4 Å². The summed E-state index contributed by atoms with van der Waals surface area (Å²) in [6, 6.07) is 9.50. The maximum absolute atomic E-state index is 11.5. The van der Waals surface area contributed by atoms with Crippen LogP contribution in [0.2, 0.25) is 0 Å². The molecule has 0 aliphatic rings. The molecule has 1 aromatic carbocycles. The molecule has 0 radical (unpaired) electrons. The average molecular weight is 255 g/mol. The van der Waals surface area contributed by atoms with Crippen LogP contribution in [0.5, 0.6) is 0 Å². The van der Waals surface area contributed by atoms with Crippen molar-refractivity contribution >= 4 is 28.7 Å².